The highest BCUT2D eigenvalue weighted by Crippen LogP contribution is 2.48. The summed E-state index contributed by atoms with van der Waals surface area (Å²) in [5, 5.41) is -0.265. The van der Waals surface area contributed by atoms with Crippen molar-refractivity contribution in [1.82, 2.24) is 0 Å². The first-order chi connectivity index (χ1) is 14.3. The summed E-state index contributed by atoms with van der Waals surface area (Å²) >= 11 is 12.2. The Labute approximate surface area is 185 Å². The molecule has 9 heteroatoms. The molecule has 0 aliphatic carbocycles. The van der Waals surface area contributed by atoms with Crippen LogP contribution in [0.4, 0.5) is 17.6 Å². The number of carbonyl (C=O) groups excluding carboxylic acids is 1. The first-order valence-electron chi connectivity index (χ1n) is 9.34. The van der Waals surface area contributed by atoms with Gasteiger partial charge < -0.3 is 0 Å². The van der Waals surface area contributed by atoms with Gasteiger partial charge in [-0.05, 0) is 44.5 Å². The fourth-order valence-corrected chi connectivity index (χ4v) is 4.63. The fraction of sp³-hybridized carbons (Fsp3) is 0.318. The van der Waals surface area contributed by atoms with Crippen LogP contribution in [0.2, 0.25) is 0 Å². The molecule has 2 aliphatic heterocycles. The number of hydrogen-bond acceptors (Lipinski definition) is 3. The van der Waals surface area contributed by atoms with Crippen molar-refractivity contribution in [3.8, 4) is 0 Å². The third kappa shape index (κ3) is 3.21. The molecule has 0 amide bonds. The van der Waals surface area contributed by atoms with Crippen LogP contribution in [-0.4, -0.2) is 27.2 Å². The Bertz CT molecular complexity index is 1210. The monoisotopic (exact) mass is 470 g/mol. The second-order valence-corrected chi connectivity index (χ2v) is 9.09. The summed E-state index contributed by atoms with van der Waals surface area (Å²) in [5.41, 5.74) is -4.55. The number of fused-ring (bicyclic) bond motifs is 2. The molecule has 0 spiro atoms. The topological polar surface area (TPSA) is 41.8 Å². The second kappa shape index (κ2) is 6.87. The van der Waals surface area contributed by atoms with Crippen LogP contribution in [0.1, 0.15) is 53.4 Å². The molecule has 0 saturated carbocycles. The van der Waals surface area contributed by atoms with Gasteiger partial charge in [0.05, 0.1) is 5.56 Å². The first-order valence-corrected chi connectivity index (χ1v) is 10.1. The van der Waals surface area contributed by atoms with Crippen LogP contribution in [0.25, 0.3) is 0 Å². The van der Waals surface area contributed by atoms with Gasteiger partial charge in [-0.2, -0.15) is 8.78 Å². The fourth-order valence-electron chi connectivity index (χ4n) is 3.91. The number of hydrogen-bond donors (Lipinski definition) is 0. The van der Waals surface area contributed by atoms with E-state index < -0.39 is 40.0 Å². The van der Waals surface area contributed by atoms with Crippen LogP contribution < -0.4 is 0 Å². The summed E-state index contributed by atoms with van der Waals surface area (Å²) < 4.78 is 59.3. The normalized spacial score (nSPS) is 23.6. The van der Waals surface area contributed by atoms with Gasteiger partial charge in [-0.15, -0.1) is 0 Å². The highest BCUT2D eigenvalue weighted by molar-refractivity contribution is 6.70. The third-order valence-electron chi connectivity index (χ3n) is 5.72. The Balaban J connectivity index is 1.83. The van der Waals surface area contributed by atoms with Gasteiger partial charge in [0.2, 0.25) is 0 Å². The Morgan fingerprint density at radius 1 is 0.903 bits per heavy atom. The second-order valence-electron chi connectivity index (χ2n) is 8.37. The Morgan fingerprint density at radius 2 is 1.52 bits per heavy atom. The van der Waals surface area contributed by atoms with Gasteiger partial charge in [-0.1, -0.05) is 35.3 Å². The van der Waals surface area contributed by atoms with Gasteiger partial charge in [0, 0.05) is 23.1 Å². The largest absolute Gasteiger partial charge is 0.300 e. The predicted octanol–water partition coefficient (Wildman–Crippen LogP) is 6.02. The third-order valence-corrected chi connectivity index (χ3v) is 6.30. The number of nitrogens with zero attached hydrogens (tertiary/aromatic N) is 2. The molecule has 1 unspecified atom stereocenters. The molecule has 0 aromatic heterocycles. The lowest BCUT2D eigenvalue weighted by Crippen LogP contribution is -2.45. The number of rotatable bonds is 2. The van der Waals surface area contributed by atoms with E-state index in [1.807, 2.05) is 0 Å². The molecular formula is C22H16Cl2F4N2O. The summed E-state index contributed by atoms with van der Waals surface area (Å²) in [6.07, 6.45) is -0.359. The van der Waals surface area contributed by atoms with Crippen molar-refractivity contribution in [2.45, 2.75) is 44.2 Å². The molecule has 0 fully saturated rings. The van der Waals surface area contributed by atoms with Crippen LogP contribution in [-0.2, 0) is 12.3 Å². The summed E-state index contributed by atoms with van der Waals surface area (Å²) in [4.78, 5) is 21.1. The lowest BCUT2D eigenvalue weighted by atomic mass is 9.79. The van der Waals surface area contributed by atoms with Crippen molar-refractivity contribution in [1.29, 1.82) is 0 Å². The summed E-state index contributed by atoms with van der Waals surface area (Å²) in [5.74, 6) is -6.06. The smallest absolute Gasteiger partial charge is 0.291 e. The lowest BCUT2D eigenvalue weighted by molar-refractivity contribution is -0.0710. The minimum atomic E-state index is -3.64. The Kier molecular flexibility index (Phi) is 4.87. The van der Waals surface area contributed by atoms with Gasteiger partial charge in [-0.3, -0.25) is 14.8 Å². The number of carbonyl (C=O) groups is 1. The van der Waals surface area contributed by atoms with Crippen LogP contribution >= 0.6 is 23.2 Å². The number of benzene rings is 2. The minimum Gasteiger partial charge on any atom is -0.291 e. The molecule has 0 bridgehead atoms. The van der Waals surface area contributed by atoms with Gasteiger partial charge in [0.25, 0.3) is 0 Å². The maximum atomic E-state index is 15.4. The molecule has 2 aliphatic rings. The summed E-state index contributed by atoms with van der Waals surface area (Å²) in [7, 11) is 0. The van der Waals surface area contributed by atoms with E-state index in [4.69, 9.17) is 23.2 Å². The first kappa shape index (κ1) is 22.0. The maximum Gasteiger partial charge on any atom is 0.300 e. The van der Waals surface area contributed by atoms with E-state index in [0.29, 0.717) is 0 Å². The van der Waals surface area contributed by atoms with Gasteiger partial charge >= 0.3 is 5.92 Å². The van der Waals surface area contributed by atoms with E-state index in [9.17, 15) is 9.18 Å². The molecule has 2 aromatic rings. The van der Waals surface area contributed by atoms with Crippen molar-refractivity contribution >= 4 is 39.3 Å². The van der Waals surface area contributed by atoms with Crippen LogP contribution in [0.15, 0.2) is 40.3 Å². The van der Waals surface area contributed by atoms with Crippen LogP contribution in [0.5, 0.6) is 0 Å². The Hall–Kier alpha value is -2.25. The standard InChI is InChI=1S/C22H16Cl2F4N2O/c1-20(2)22(27,28)15-13(19(24)29-20)6-4-10(16(15)26)9-21(3)17(31)14-8-11(25)5-7-12(14)18(23)30-21/h4-8H,9H2,1-3H3. The van der Waals surface area contributed by atoms with E-state index in [0.717, 1.165) is 26.0 Å². The molecule has 2 aromatic carbocycles. The van der Waals surface area contributed by atoms with Crippen LogP contribution in [0.3, 0.4) is 0 Å². The zero-order valence-electron chi connectivity index (χ0n) is 16.7. The van der Waals surface area contributed by atoms with E-state index in [1.54, 1.807) is 0 Å². The predicted molar refractivity (Wildman–Crippen MR) is 112 cm³/mol. The number of alkyl halides is 2. The van der Waals surface area contributed by atoms with Gasteiger partial charge in [0.1, 0.15) is 33.1 Å². The highest BCUT2D eigenvalue weighted by Gasteiger charge is 2.55. The molecule has 3 nitrogen and oxygen atoms in total. The number of ketones is 1. The summed E-state index contributed by atoms with van der Waals surface area (Å²) in [6.45, 7) is 3.72. The average molecular weight is 471 g/mol. The van der Waals surface area contributed by atoms with Gasteiger partial charge in [0.15, 0.2) is 5.78 Å². The van der Waals surface area contributed by atoms with Crippen molar-refractivity contribution in [3.63, 3.8) is 0 Å². The number of aliphatic imine (C=N–C) groups is 2. The molecule has 162 valence electrons. The number of Topliss-reactive ketones (excluding diaryl/α,β-unsaturated/α-hetero) is 1. The average Bonchev–Trinajstić information content (AvgIpc) is 2.66. The van der Waals surface area contributed by atoms with E-state index in [2.05, 4.69) is 9.98 Å². The van der Waals surface area contributed by atoms with E-state index in [1.165, 1.54) is 25.1 Å². The van der Waals surface area contributed by atoms with Crippen molar-refractivity contribution in [2.24, 2.45) is 9.98 Å². The van der Waals surface area contributed by atoms with E-state index >= 15 is 13.2 Å². The zero-order chi connectivity index (χ0) is 22.9. The van der Waals surface area contributed by atoms with Crippen LogP contribution in [0, 0.1) is 11.6 Å². The quantitative estimate of drug-likeness (QED) is 0.495. The molecule has 2 heterocycles. The summed E-state index contributed by atoms with van der Waals surface area (Å²) in [6, 6.07) is 6.02. The SMILES string of the molecule is CC1(Cc2ccc3c(c2F)C(F)(F)C(C)(C)N=C3Cl)N=C(Cl)c2ccc(F)cc2C1=O. The molecule has 4 rings (SSSR count). The molecular weight excluding hydrogens is 455 g/mol. The molecule has 1 atom stereocenters. The van der Waals surface area contributed by atoms with Crippen molar-refractivity contribution < 1.29 is 22.4 Å². The molecule has 0 saturated heterocycles. The highest BCUT2D eigenvalue weighted by atomic mass is 35.5. The van der Waals surface area contributed by atoms with Crippen molar-refractivity contribution in [3.05, 3.63) is 69.8 Å². The molecule has 0 radical (unpaired) electrons. The minimum absolute atomic E-state index is 0.00232. The van der Waals surface area contributed by atoms with E-state index in [-0.39, 0.29) is 39.0 Å². The molecule has 31 heavy (non-hydrogen) atoms. The van der Waals surface area contributed by atoms with Crippen molar-refractivity contribution in [2.75, 3.05) is 0 Å². The Morgan fingerprint density at radius 3 is 2.19 bits per heavy atom. The lowest BCUT2D eigenvalue weighted by Gasteiger charge is -2.37. The molecule has 0 N–H and O–H groups in total. The van der Waals surface area contributed by atoms with Gasteiger partial charge in [-0.25, -0.2) is 8.78 Å². The maximum absolute atomic E-state index is 15.4. The number of halogens is 6. The zero-order valence-corrected chi connectivity index (χ0v) is 18.2.